The SMILES string of the molecule is CCOC(=O)c1nn(C)cc1C(C)ON. The molecule has 0 radical (unpaired) electrons. The Morgan fingerprint density at radius 3 is 2.93 bits per heavy atom. The van der Waals surface area contributed by atoms with Gasteiger partial charge in [0.05, 0.1) is 6.61 Å². The molecule has 1 aromatic rings. The van der Waals surface area contributed by atoms with E-state index in [2.05, 4.69) is 9.94 Å². The Kier molecular flexibility index (Phi) is 3.81. The Labute approximate surface area is 87.9 Å². The summed E-state index contributed by atoms with van der Waals surface area (Å²) >= 11 is 0. The number of hydrogen-bond donors (Lipinski definition) is 1. The van der Waals surface area contributed by atoms with Crippen LogP contribution in [-0.2, 0) is 16.6 Å². The first-order chi connectivity index (χ1) is 7.10. The van der Waals surface area contributed by atoms with Gasteiger partial charge in [0.2, 0.25) is 0 Å². The van der Waals surface area contributed by atoms with Gasteiger partial charge in [-0.3, -0.25) is 9.52 Å². The summed E-state index contributed by atoms with van der Waals surface area (Å²) in [4.78, 5) is 16.2. The Bertz CT molecular complexity index is 348. The van der Waals surface area contributed by atoms with Crippen LogP contribution in [0.1, 0.15) is 36.0 Å². The number of nitrogens with two attached hydrogens (primary N) is 1. The number of aryl methyl sites for hydroxylation is 1. The number of ether oxygens (including phenoxy) is 1. The van der Waals surface area contributed by atoms with Crippen molar-refractivity contribution in [3.05, 3.63) is 17.5 Å². The van der Waals surface area contributed by atoms with E-state index in [0.717, 1.165) is 0 Å². The number of rotatable bonds is 4. The van der Waals surface area contributed by atoms with Gasteiger partial charge in [-0.25, -0.2) is 10.7 Å². The Hall–Kier alpha value is -1.40. The van der Waals surface area contributed by atoms with Crippen molar-refractivity contribution >= 4 is 5.97 Å². The van der Waals surface area contributed by atoms with Gasteiger partial charge in [0.1, 0.15) is 6.10 Å². The first-order valence-corrected chi connectivity index (χ1v) is 4.66. The lowest BCUT2D eigenvalue weighted by atomic mass is 10.1. The molecule has 0 bridgehead atoms. The molecule has 0 fully saturated rings. The molecule has 6 nitrogen and oxygen atoms in total. The van der Waals surface area contributed by atoms with Crippen LogP contribution in [0.2, 0.25) is 0 Å². The van der Waals surface area contributed by atoms with Crippen LogP contribution in [-0.4, -0.2) is 22.4 Å². The fraction of sp³-hybridized carbons (Fsp3) is 0.556. The van der Waals surface area contributed by atoms with Crippen LogP contribution in [0.4, 0.5) is 0 Å². The van der Waals surface area contributed by atoms with E-state index in [9.17, 15) is 4.79 Å². The molecule has 1 atom stereocenters. The molecule has 15 heavy (non-hydrogen) atoms. The number of carbonyl (C=O) groups is 1. The van der Waals surface area contributed by atoms with Crippen LogP contribution in [0.3, 0.4) is 0 Å². The van der Waals surface area contributed by atoms with Crippen molar-refractivity contribution in [2.24, 2.45) is 12.9 Å². The standard InChI is InChI=1S/C9H15N3O3/c1-4-14-9(13)8-7(6(2)15-10)5-12(3)11-8/h5-6H,4,10H2,1-3H3. The lowest BCUT2D eigenvalue weighted by Crippen LogP contribution is -2.12. The third kappa shape index (κ3) is 2.54. The summed E-state index contributed by atoms with van der Waals surface area (Å²) in [7, 11) is 1.72. The monoisotopic (exact) mass is 213 g/mol. The second-order valence-corrected chi connectivity index (χ2v) is 3.11. The van der Waals surface area contributed by atoms with E-state index in [-0.39, 0.29) is 5.69 Å². The first-order valence-electron chi connectivity index (χ1n) is 4.66. The maximum absolute atomic E-state index is 11.5. The van der Waals surface area contributed by atoms with Gasteiger partial charge in [0.25, 0.3) is 0 Å². The minimum absolute atomic E-state index is 0.248. The van der Waals surface area contributed by atoms with Crippen molar-refractivity contribution in [3.8, 4) is 0 Å². The van der Waals surface area contributed by atoms with Crippen molar-refractivity contribution in [1.82, 2.24) is 9.78 Å². The van der Waals surface area contributed by atoms with Gasteiger partial charge in [-0.2, -0.15) is 5.10 Å². The van der Waals surface area contributed by atoms with Gasteiger partial charge in [0.15, 0.2) is 5.69 Å². The molecule has 6 heteroatoms. The van der Waals surface area contributed by atoms with Gasteiger partial charge in [-0.1, -0.05) is 0 Å². The average Bonchev–Trinajstić information content (AvgIpc) is 2.59. The normalized spacial score (nSPS) is 12.5. The highest BCUT2D eigenvalue weighted by Gasteiger charge is 2.21. The predicted octanol–water partition coefficient (Wildman–Crippen LogP) is 0.548. The second-order valence-electron chi connectivity index (χ2n) is 3.11. The molecule has 0 spiro atoms. The van der Waals surface area contributed by atoms with E-state index < -0.39 is 12.1 Å². The van der Waals surface area contributed by atoms with Crippen molar-refractivity contribution in [2.45, 2.75) is 20.0 Å². The third-order valence-electron chi connectivity index (χ3n) is 1.97. The fourth-order valence-corrected chi connectivity index (χ4v) is 1.24. The predicted molar refractivity (Wildman–Crippen MR) is 52.9 cm³/mol. The molecule has 1 aromatic heterocycles. The minimum atomic E-state index is -0.461. The second kappa shape index (κ2) is 4.90. The molecule has 84 valence electrons. The van der Waals surface area contributed by atoms with Crippen LogP contribution >= 0.6 is 0 Å². The highest BCUT2D eigenvalue weighted by atomic mass is 16.6. The average molecular weight is 213 g/mol. The van der Waals surface area contributed by atoms with Crippen LogP contribution in [0, 0.1) is 0 Å². The molecule has 0 aromatic carbocycles. The van der Waals surface area contributed by atoms with E-state index in [4.69, 9.17) is 10.6 Å². The summed E-state index contributed by atoms with van der Waals surface area (Å²) in [5.74, 6) is 4.61. The highest BCUT2D eigenvalue weighted by molar-refractivity contribution is 5.88. The van der Waals surface area contributed by atoms with Crippen LogP contribution in [0.25, 0.3) is 0 Å². The number of esters is 1. The van der Waals surface area contributed by atoms with Crippen LogP contribution < -0.4 is 5.90 Å². The zero-order chi connectivity index (χ0) is 11.4. The maximum atomic E-state index is 11.5. The molecule has 2 N–H and O–H groups in total. The van der Waals surface area contributed by atoms with Crippen LogP contribution in [0.15, 0.2) is 6.20 Å². The molecule has 0 saturated carbocycles. The van der Waals surface area contributed by atoms with Crippen molar-refractivity contribution in [3.63, 3.8) is 0 Å². The lowest BCUT2D eigenvalue weighted by Gasteiger charge is -2.07. The van der Waals surface area contributed by atoms with Gasteiger partial charge < -0.3 is 4.74 Å². The van der Waals surface area contributed by atoms with Crippen LogP contribution in [0.5, 0.6) is 0 Å². The summed E-state index contributed by atoms with van der Waals surface area (Å²) in [6, 6.07) is 0. The van der Waals surface area contributed by atoms with Gasteiger partial charge in [0, 0.05) is 18.8 Å². The van der Waals surface area contributed by atoms with Gasteiger partial charge in [-0.05, 0) is 13.8 Å². The third-order valence-corrected chi connectivity index (χ3v) is 1.97. The minimum Gasteiger partial charge on any atom is -0.461 e. The van der Waals surface area contributed by atoms with Crippen molar-refractivity contribution in [2.75, 3.05) is 6.61 Å². The molecule has 0 saturated heterocycles. The van der Waals surface area contributed by atoms with E-state index in [0.29, 0.717) is 12.2 Å². The molecular weight excluding hydrogens is 198 g/mol. The molecule has 1 heterocycles. The molecular formula is C9H15N3O3. The Balaban J connectivity index is 3.00. The Morgan fingerprint density at radius 2 is 2.40 bits per heavy atom. The zero-order valence-electron chi connectivity index (χ0n) is 9.06. The Morgan fingerprint density at radius 1 is 1.73 bits per heavy atom. The number of hydrogen-bond acceptors (Lipinski definition) is 5. The van der Waals surface area contributed by atoms with E-state index in [1.165, 1.54) is 4.68 Å². The summed E-state index contributed by atoms with van der Waals surface area (Å²) < 4.78 is 6.39. The molecule has 0 aliphatic rings. The highest BCUT2D eigenvalue weighted by Crippen LogP contribution is 2.19. The molecule has 1 rings (SSSR count). The molecule has 0 amide bonds. The lowest BCUT2D eigenvalue weighted by molar-refractivity contribution is 0.0482. The largest absolute Gasteiger partial charge is 0.461 e. The van der Waals surface area contributed by atoms with Crippen molar-refractivity contribution in [1.29, 1.82) is 0 Å². The quantitative estimate of drug-likeness (QED) is 0.583. The summed E-state index contributed by atoms with van der Waals surface area (Å²) in [5, 5.41) is 4.00. The van der Waals surface area contributed by atoms with Crippen molar-refractivity contribution < 1.29 is 14.4 Å². The summed E-state index contributed by atoms with van der Waals surface area (Å²) in [6.45, 7) is 3.79. The fourth-order valence-electron chi connectivity index (χ4n) is 1.24. The number of aromatic nitrogens is 2. The maximum Gasteiger partial charge on any atom is 0.359 e. The summed E-state index contributed by atoms with van der Waals surface area (Å²) in [6.07, 6.45) is 1.29. The van der Waals surface area contributed by atoms with Gasteiger partial charge in [-0.15, -0.1) is 0 Å². The first kappa shape index (κ1) is 11.7. The topological polar surface area (TPSA) is 79.4 Å². The zero-order valence-corrected chi connectivity index (χ0v) is 9.06. The van der Waals surface area contributed by atoms with E-state index >= 15 is 0 Å². The van der Waals surface area contributed by atoms with Gasteiger partial charge >= 0.3 is 5.97 Å². The molecule has 0 aliphatic heterocycles. The molecule has 0 aliphatic carbocycles. The van der Waals surface area contributed by atoms with E-state index in [1.807, 2.05) is 0 Å². The summed E-state index contributed by atoms with van der Waals surface area (Å²) in [5.41, 5.74) is 0.871. The smallest absolute Gasteiger partial charge is 0.359 e. The molecule has 1 unspecified atom stereocenters. The number of nitrogens with zero attached hydrogens (tertiary/aromatic N) is 2. The van der Waals surface area contributed by atoms with E-state index in [1.54, 1.807) is 27.1 Å². The number of carbonyl (C=O) groups excluding carboxylic acids is 1.